The molecule has 0 spiro atoms. The number of benzene rings is 6. The standard InChI is InChI=1S/C42H34N10O22S4/c53-11-13-73-33-20-31(34(74-14-12-54)19-30(33)46-45-29-9-2-22(17-35(29)77(67,68)69)43-28-10-7-26(76(64,65)66)18-32(28)52(59)60)47-48-37-36(78(70,71)72)16-21-15-23(1-8-27(21)40(37)55)44-49-38-39(42(57)58)50-51(41(38)56)24-3-5-25(6-4-24)75(61,62)63/h1-10,15-20,38,43,53-55H,11-14H2,(H,57,58)(H,61,62,63)(H,64,65,66)(H,67,68,69)(H,70,71,72). The number of nitrogens with zero attached hydrogens (tertiary/aromatic N) is 9. The molecule has 32 nitrogen and oxygen atoms in total. The van der Waals surface area contributed by atoms with Gasteiger partial charge in [-0.15, -0.1) is 20.5 Å². The van der Waals surface area contributed by atoms with Crippen molar-refractivity contribution in [1.29, 1.82) is 0 Å². The second kappa shape index (κ2) is 22.4. The Balaban J connectivity index is 1.22. The van der Waals surface area contributed by atoms with E-state index in [-0.39, 0.29) is 56.4 Å². The van der Waals surface area contributed by atoms with E-state index < -0.39 is 138 Å². The van der Waals surface area contributed by atoms with Gasteiger partial charge < -0.3 is 35.2 Å². The maximum absolute atomic E-state index is 13.3. The highest BCUT2D eigenvalue weighted by molar-refractivity contribution is 7.86. The lowest BCUT2D eigenvalue weighted by Gasteiger charge is -2.13. The number of carboxylic acids is 1. The van der Waals surface area contributed by atoms with Gasteiger partial charge >= 0.3 is 5.97 Å². The number of anilines is 3. The number of ether oxygens (including phenoxy) is 2. The van der Waals surface area contributed by atoms with Crippen molar-refractivity contribution in [2.24, 2.45) is 35.8 Å². The number of phenolic OH excluding ortho intramolecular Hbond substituents is 1. The molecule has 6 aromatic rings. The molecule has 0 radical (unpaired) electrons. The molecule has 0 aromatic heterocycles. The van der Waals surface area contributed by atoms with Crippen LogP contribution in [0.3, 0.4) is 0 Å². The normalized spacial score (nSPS) is 14.4. The summed E-state index contributed by atoms with van der Waals surface area (Å²) in [5, 5.41) is 82.1. The molecule has 78 heavy (non-hydrogen) atoms. The Morgan fingerprint density at radius 3 is 1.81 bits per heavy atom. The molecular formula is C42H34N10O22S4. The van der Waals surface area contributed by atoms with Crippen LogP contribution in [-0.4, -0.2) is 127 Å². The zero-order valence-corrected chi connectivity index (χ0v) is 41.9. The molecule has 6 aromatic carbocycles. The van der Waals surface area contributed by atoms with Crippen LogP contribution >= 0.6 is 0 Å². The van der Waals surface area contributed by atoms with Crippen molar-refractivity contribution in [3.63, 3.8) is 0 Å². The summed E-state index contributed by atoms with van der Waals surface area (Å²) < 4.78 is 147. The van der Waals surface area contributed by atoms with Crippen LogP contribution < -0.4 is 19.8 Å². The highest BCUT2D eigenvalue weighted by Crippen LogP contribution is 2.46. The number of nitrogens with one attached hydrogen (secondary N) is 1. The number of aromatic hydroxyl groups is 1. The van der Waals surface area contributed by atoms with E-state index in [1.807, 2.05) is 0 Å². The molecule has 0 aliphatic carbocycles. The van der Waals surface area contributed by atoms with Gasteiger partial charge in [0.05, 0.1) is 34.4 Å². The number of carbonyl (C=O) groups excluding carboxylic acids is 1. The van der Waals surface area contributed by atoms with E-state index in [9.17, 15) is 92.0 Å². The second-order valence-corrected chi connectivity index (χ2v) is 21.1. The third-order valence-corrected chi connectivity index (χ3v) is 13.8. The lowest BCUT2D eigenvalue weighted by molar-refractivity contribution is -0.384. The van der Waals surface area contributed by atoms with E-state index in [2.05, 4.69) is 41.1 Å². The quantitative estimate of drug-likeness (QED) is 0.0181. The fourth-order valence-corrected chi connectivity index (χ4v) is 9.17. The summed E-state index contributed by atoms with van der Waals surface area (Å²) in [5.41, 5.74) is -4.62. The topological polar surface area (TPSA) is 496 Å². The first-order valence-corrected chi connectivity index (χ1v) is 26.9. The predicted octanol–water partition coefficient (Wildman–Crippen LogP) is 5.70. The maximum Gasteiger partial charge on any atom is 0.355 e. The number of nitro groups is 1. The number of amides is 1. The molecule has 7 rings (SSSR count). The Morgan fingerprint density at radius 1 is 0.679 bits per heavy atom. The van der Waals surface area contributed by atoms with Gasteiger partial charge in [0.15, 0.2) is 11.5 Å². The average molecular weight is 1160 g/mol. The summed E-state index contributed by atoms with van der Waals surface area (Å²) in [4.78, 5) is 32.7. The van der Waals surface area contributed by atoms with E-state index in [1.165, 1.54) is 12.1 Å². The maximum atomic E-state index is 13.3. The Bertz CT molecular complexity index is 4050. The molecule has 1 unspecified atom stereocenters. The number of fused-ring (bicyclic) bond motifs is 1. The van der Waals surface area contributed by atoms with E-state index in [1.54, 1.807) is 0 Å². The van der Waals surface area contributed by atoms with Crippen molar-refractivity contribution in [2.75, 3.05) is 36.8 Å². The molecule has 1 heterocycles. The van der Waals surface area contributed by atoms with E-state index >= 15 is 0 Å². The number of hydrazone groups is 1. The van der Waals surface area contributed by atoms with Crippen LogP contribution in [-0.2, 0) is 50.1 Å². The van der Waals surface area contributed by atoms with Crippen molar-refractivity contribution < 1.29 is 96.3 Å². The van der Waals surface area contributed by atoms with Gasteiger partial charge in [-0.3, -0.25) is 33.1 Å². The highest BCUT2D eigenvalue weighted by Gasteiger charge is 2.41. The number of azo groups is 3. The summed E-state index contributed by atoms with van der Waals surface area (Å²) in [6, 6.07) is 13.7. The summed E-state index contributed by atoms with van der Waals surface area (Å²) >= 11 is 0. The zero-order chi connectivity index (χ0) is 57.1. The van der Waals surface area contributed by atoms with Gasteiger partial charge in [0, 0.05) is 29.3 Å². The van der Waals surface area contributed by atoms with Crippen molar-refractivity contribution in [2.45, 2.75) is 25.6 Å². The molecule has 408 valence electrons. The first-order chi connectivity index (χ1) is 36.6. The van der Waals surface area contributed by atoms with Crippen LogP contribution in [0.15, 0.2) is 152 Å². The molecular weight excluding hydrogens is 1120 g/mol. The Morgan fingerprint density at radius 2 is 1.26 bits per heavy atom. The van der Waals surface area contributed by atoms with Crippen LogP contribution in [0, 0.1) is 10.1 Å². The minimum absolute atomic E-state index is 0.107. The average Bonchev–Trinajstić information content (AvgIpc) is 3.76. The third-order valence-electron chi connectivity index (χ3n) is 10.4. The van der Waals surface area contributed by atoms with Gasteiger partial charge in [-0.05, 0) is 84.2 Å². The third kappa shape index (κ3) is 12.9. The summed E-state index contributed by atoms with van der Waals surface area (Å²) in [6.07, 6.45) is 0. The largest absolute Gasteiger partial charge is 0.505 e. The lowest BCUT2D eigenvalue weighted by Crippen LogP contribution is -2.33. The molecule has 1 atom stereocenters. The fourth-order valence-electron chi connectivity index (χ4n) is 6.89. The molecule has 0 saturated heterocycles. The summed E-state index contributed by atoms with van der Waals surface area (Å²) in [7, 11) is -20.0. The first-order valence-electron chi connectivity index (χ1n) is 21.1. The minimum atomic E-state index is -5.30. The highest BCUT2D eigenvalue weighted by atomic mass is 32.2. The summed E-state index contributed by atoms with van der Waals surface area (Å²) in [6.45, 7) is -2.10. The molecule has 0 saturated carbocycles. The van der Waals surface area contributed by atoms with E-state index in [0.717, 1.165) is 78.9 Å². The van der Waals surface area contributed by atoms with Crippen molar-refractivity contribution in [3.05, 3.63) is 107 Å². The minimum Gasteiger partial charge on any atom is -0.505 e. The molecule has 0 bridgehead atoms. The van der Waals surface area contributed by atoms with Gasteiger partial charge in [0.1, 0.15) is 67.8 Å². The van der Waals surface area contributed by atoms with Gasteiger partial charge in [-0.1, -0.05) is 0 Å². The number of carbonyl (C=O) groups is 2. The van der Waals surface area contributed by atoms with Gasteiger partial charge in [0.2, 0.25) is 6.04 Å². The molecule has 36 heteroatoms. The van der Waals surface area contributed by atoms with Crippen LogP contribution in [0.2, 0.25) is 0 Å². The number of rotatable bonds is 21. The number of aliphatic hydroxyl groups excluding tert-OH is 2. The lowest BCUT2D eigenvalue weighted by atomic mass is 10.1. The number of phenols is 1. The molecule has 1 aliphatic rings. The Hall–Kier alpha value is -8.85. The molecule has 0 fully saturated rings. The van der Waals surface area contributed by atoms with Crippen molar-refractivity contribution in [1.82, 2.24) is 0 Å². The SMILES string of the molecule is O=C(O)C1=NN(c2ccc(S(=O)(=O)O)cc2)C(=O)C1N=Nc1ccc2c(O)c(N=Nc3cc(OCCO)c(N=Nc4ccc(Nc5ccc(S(=O)(=O)O)cc5[N+](=O)[O-])cc4S(=O)(=O)O)cc3OCCO)c(S(=O)(=O)O)cc2c1. The number of hydrogen-bond acceptors (Lipinski definition) is 25. The summed E-state index contributed by atoms with van der Waals surface area (Å²) in [5.74, 6) is -4.28. The van der Waals surface area contributed by atoms with Gasteiger partial charge in [-0.2, -0.15) is 54.0 Å². The van der Waals surface area contributed by atoms with Crippen molar-refractivity contribution >= 4 is 120 Å². The smallest absolute Gasteiger partial charge is 0.355 e. The van der Waals surface area contributed by atoms with Gasteiger partial charge in [-0.25, -0.2) is 4.79 Å². The molecule has 1 amide bonds. The molecule has 9 N–H and O–H groups in total. The second-order valence-electron chi connectivity index (χ2n) is 15.5. The van der Waals surface area contributed by atoms with Crippen LogP contribution in [0.1, 0.15) is 0 Å². The molecule has 1 aliphatic heterocycles. The van der Waals surface area contributed by atoms with Crippen LogP contribution in [0.4, 0.5) is 51.2 Å². The first kappa shape index (κ1) is 56.9. The van der Waals surface area contributed by atoms with Crippen LogP contribution in [0.5, 0.6) is 17.2 Å². The van der Waals surface area contributed by atoms with Gasteiger partial charge in [0.25, 0.3) is 52.1 Å². The van der Waals surface area contributed by atoms with Crippen LogP contribution in [0.25, 0.3) is 10.8 Å². The number of carboxylic acid groups (broad SMARTS) is 1. The number of hydrogen-bond donors (Lipinski definition) is 9. The fraction of sp³-hybridized carbons (Fsp3) is 0.119. The monoisotopic (exact) mass is 1160 g/mol. The van der Waals surface area contributed by atoms with Crippen molar-refractivity contribution in [3.8, 4) is 17.2 Å². The number of aliphatic carboxylic acids is 1. The Labute approximate surface area is 437 Å². The zero-order valence-electron chi connectivity index (χ0n) is 38.6. The van der Waals surface area contributed by atoms with E-state index in [0.29, 0.717) is 11.1 Å². The number of nitro benzene ring substituents is 1. The Kier molecular flexibility index (Phi) is 16.3. The number of aliphatic hydroxyl groups is 2. The van der Waals surface area contributed by atoms with E-state index in [4.69, 9.17) is 9.47 Å². The predicted molar refractivity (Wildman–Crippen MR) is 265 cm³/mol.